The smallest absolute Gasteiger partial charge is 0.310 e. The second kappa shape index (κ2) is 7.59. The number of esters is 1. The van der Waals surface area contributed by atoms with E-state index >= 15 is 0 Å². The van der Waals surface area contributed by atoms with E-state index in [1.54, 1.807) is 11.3 Å². The van der Waals surface area contributed by atoms with Gasteiger partial charge in [-0.15, -0.1) is 0 Å². The van der Waals surface area contributed by atoms with Crippen molar-refractivity contribution in [1.82, 2.24) is 5.32 Å². The molecule has 0 bridgehead atoms. The lowest BCUT2D eigenvalue weighted by atomic mass is 9.78. The van der Waals surface area contributed by atoms with E-state index in [1.807, 2.05) is 16.8 Å². The van der Waals surface area contributed by atoms with E-state index in [0.717, 1.165) is 18.4 Å². The molecule has 0 saturated heterocycles. The fourth-order valence-corrected chi connectivity index (χ4v) is 3.46. The van der Waals surface area contributed by atoms with Crippen molar-refractivity contribution in [2.45, 2.75) is 45.6 Å². The van der Waals surface area contributed by atoms with E-state index in [-0.39, 0.29) is 30.9 Å². The van der Waals surface area contributed by atoms with Crippen LogP contribution in [0.1, 0.15) is 38.7 Å². The summed E-state index contributed by atoms with van der Waals surface area (Å²) in [6, 6.07) is 2.09. The molecule has 4 nitrogen and oxygen atoms in total. The van der Waals surface area contributed by atoms with Gasteiger partial charge in [0.05, 0.1) is 6.42 Å². The van der Waals surface area contributed by atoms with Crippen LogP contribution in [0.5, 0.6) is 0 Å². The standard InChI is InChI=1S/C16H23NO3S/c1-11-4-3-5-14(12(11)2)17-15(18)9-20-16(19)8-13-6-7-21-10-13/h6-7,10-12,14H,3-5,8-9H2,1-2H3,(H,17,18)/t11-,12-,14-/m1/s1. The summed E-state index contributed by atoms with van der Waals surface area (Å²) >= 11 is 1.54. The molecule has 1 fully saturated rings. The lowest BCUT2D eigenvalue weighted by Crippen LogP contribution is -2.45. The van der Waals surface area contributed by atoms with Gasteiger partial charge < -0.3 is 10.1 Å². The van der Waals surface area contributed by atoms with Crippen LogP contribution in [0.3, 0.4) is 0 Å². The van der Waals surface area contributed by atoms with Crippen LogP contribution in [0.15, 0.2) is 16.8 Å². The number of nitrogens with one attached hydrogen (secondary N) is 1. The molecule has 0 unspecified atom stereocenters. The lowest BCUT2D eigenvalue weighted by molar-refractivity contribution is -0.148. The quantitative estimate of drug-likeness (QED) is 0.851. The van der Waals surface area contributed by atoms with Crippen LogP contribution in [0.25, 0.3) is 0 Å². The van der Waals surface area contributed by atoms with Crippen molar-refractivity contribution in [3.8, 4) is 0 Å². The van der Waals surface area contributed by atoms with Gasteiger partial charge in [-0.05, 0) is 40.6 Å². The van der Waals surface area contributed by atoms with Crippen molar-refractivity contribution in [3.05, 3.63) is 22.4 Å². The average Bonchev–Trinajstić information content (AvgIpc) is 2.94. The van der Waals surface area contributed by atoms with E-state index in [0.29, 0.717) is 11.8 Å². The van der Waals surface area contributed by atoms with Gasteiger partial charge >= 0.3 is 5.97 Å². The van der Waals surface area contributed by atoms with Crippen molar-refractivity contribution in [2.75, 3.05) is 6.61 Å². The minimum atomic E-state index is -0.353. The third-order valence-electron chi connectivity index (χ3n) is 4.35. The van der Waals surface area contributed by atoms with Gasteiger partial charge in [0.15, 0.2) is 6.61 Å². The molecule has 1 N–H and O–H groups in total. The summed E-state index contributed by atoms with van der Waals surface area (Å²) in [4.78, 5) is 23.5. The maximum absolute atomic E-state index is 11.9. The normalized spacial score (nSPS) is 25.3. The van der Waals surface area contributed by atoms with Crippen LogP contribution in [0, 0.1) is 11.8 Å². The number of amides is 1. The SMILES string of the molecule is C[C@@H]1[C@H](C)CCC[C@H]1NC(=O)COC(=O)Cc1ccsc1. The molecule has 0 radical (unpaired) electrons. The van der Waals surface area contributed by atoms with E-state index in [1.165, 1.54) is 6.42 Å². The highest BCUT2D eigenvalue weighted by molar-refractivity contribution is 7.07. The molecule has 3 atom stereocenters. The molecule has 21 heavy (non-hydrogen) atoms. The highest BCUT2D eigenvalue weighted by Crippen LogP contribution is 2.29. The van der Waals surface area contributed by atoms with Crippen molar-refractivity contribution in [3.63, 3.8) is 0 Å². The zero-order valence-electron chi connectivity index (χ0n) is 12.6. The summed E-state index contributed by atoms with van der Waals surface area (Å²) in [6.45, 7) is 4.22. The second-order valence-corrected chi connectivity index (χ2v) is 6.69. The van der Waals surface area contributed by atoms with Gasteiger partial charge in [-0.25, -0.2) is 0 Å². The Morgan fingerprint density at radius 3 is 2.90 bits per heavy atom. The summed E-state index contributed by atoms with van der Waals surface area (Å²) in [5.41, 5.74) is 0.931. The van der Waals surface area contributed by atoms with Gasteiger partial charge in [0.2, 0.25) is 0 Å². The maximum Gasteiger partial charge on any atom is 0.310 e. The van der Waals surface area contributed by atoms with E-state index in [4.69, 9.17) is 4.74 Å². The number of thiophene rings is 1. The van der Waals surface area contributed by atoms with Crippen LogP contribution in [0.2, 0.25) is 0 Å². The molecule has 1 heterocycles. The van der Waals surface area contributed by atoms with Crippen molar-refractivity contribution >= 4 is 23.2 Å². The first-order valence-electron chi connectivity index (χ1n) is 7.52. The van der Waals surface area contributed by atoms with Crippen LogP contribution < -0.4 is 5.32 Å². The molecule has 2 rings (SSSR count). The van der Waals surface area contributed by atoms with E-state index in [2.05, 4.69) is 19.2 Å². The molecule has 1 aromatic heterocycles. The van der Waals surface area contributed by atoms with Gasteiger partial charge in [-0.3, -0.25) is 9.59 Å². The highest BCUT2D eigenvalue weighted by Gasteiger charge is 2.28. The Hall–Kier alpha value is -1.36. The fourth-order valence-electron chi connectivity index (χ4n) is 2.79. The van der Waals surface area contributed by atoms with Crippen LogP contribution in [0.4, 0.5) is 0 Å². The number of carbonyl (C=O) groups is 2. The topological polar surface area (TPSA) is 55.4 Å². The summed E-state index contributed by atoms with van der Waals surface area (Å²) in [7, 11) is 0. The summed E-state index contributed by atoms with van der Waals surface area (Å²) in [5.74, 6) is 0.558. The largest absolute Gasteiger partial charge is 0.455 e. The first-order chi connectivity index (χ1) is 10.1. The van der Waals surface area contributed by atoms with Gasteiger partial charge in [-0.1, -0.05) is 26.7 Å². The number of hydrogen-bond donors (Lipinski definition) is 1. The van der Waals surface area contributed by atoms with E-state index < -0.39 is 0 Å². The first kappa shape index (κ1) is 16.0. The van der Waals surface area contributed by atoms with Crippen LogP contribution in [-0.2, 0) is 20.7 Å². The van der Waals surface area contributed by atoms with Gasteiger partial charge in [0.1, 0.15) is 0 Å². The highest BCUT2D eigenvalue weighted by atomic mass is 32.1. The molecule has 5 heteroatoms. The Balaban J connectivity index is 1.70. The number of hydrogen-bond acceptors (Lipinski definition) is 4. The molecular formula is C16H23NO3S. The van der Waals surface area contributed by atoms with Crippen molar-refractivity contribution in [2.24, 2.45) is 11.8 Å². The number of rotatable bonds is 5. The summed E-state index contributed by atoms with van der Waals surface area (Å²) in [6.07, 6.45) is 3.62. The summed E-state index contributed by atoms with van der Waals surface area (Å²) in [5, 5.41) is 6.83. The second-order valence-electron chi connectivity index (χ2n) is 5.91. The fraction of sp³-hybridized carbons (Fsp3) is 0.625. The Bertz CT molecular complexity index is 472. The maximum atomic E-state index is 11.9. The molecule has 1 aliphatic carbocycles. The molecule has 1 aliphatic rings. The molecular weight excluding hydrogens is 286 g/mol. The zero-order valence-corrected chi connectivity index (χ0v) is 13.4. The van der Waals surface area contributed by atoms with Crippen LogP contribution >= 0.6 is 11.3 Å². The zero-order chi connectivity index (χ0) is 15.2. The number of carbonyl (C=O) groups excluding carboxylic acids is 2. The third kappa shape index (κ3) is 4.84. The predicted molar refractivity (Wildman–Crippen MR) is 83.1 cm³/mol. The Labute approximate surface area is 129 Å². The molecule has 0 aliphatic heterocycles. The minimum absolute atomic E-state index is 0.180. The van der Waals surface area contributed by atoms with Gasteiger partial charge in [0, 0.05) is 6.04 Å². The Kier molecular flexibility index (Phi) is 5.79. The van der Waals surface area contributed by atoms with Gasteiger partial charge in [0.25, 0.3) is 5.91 Å². The molecule has 1 amide bonds. The molecule has 1 saturated carbocycles. The van der Waals surface area contributed by atoms with Crippen molar-refractivity contribution in [1.29, 1.82) is 0 Å². The summed E-state index contributed by atoms with van der Waals surface area (Å²) < 4.78 is 5.03. The monoisotopic (exact) mass is 309 g/mol. The predicted octanol–water partition coefficient (Wildman–Crippen LogP) is 2.77. The van der Waals surface area contributed by atoms with Crippen LogP contribution in [-0.4, -0.2) is 24.5 Å². The third-order valence-corrected chi connectivity index (χ3v) is 5.08. The van der Waals surface area contributed by atoms with Crippen molar-refractivity contribution < 1.29 is 14.3 Å². The van der Waals surface area contributed by atoms with Gasteiger partial charge in [-0.2, -0.15) is 11.3 Å². The Morgan fingerprint density at radius 2 is 2.19 bits per heavy atom. The molecule has 116 valence electrons. The molecule has 0 aromatic carbocycles. The van der Waals surface area contributed by atoms with E-state index in [9.17, 15) is 9.59 Å². The average molecular weight is 309 g/mol. The molecule has 0 spiro atoms. The lowest BCUT2D eigenvalue weighted by Gasteiger charge is -2.34. The number of ether oxygens (including phenoxy) is 1. The molecule has 1 aromatic rings. The minimum Gasteiger partial charge on any atom is -0.455 e. The Morgan fingerprint density at radius 1 is 1.38 bits per heavy atom. The first-order valence-corrected chi connectivity index (χ1v) is 8.46.